The molecule has 2 aliphatic heterocycles. The number of piperazine rings is 1. The minimum Gasteiger partial charge on any atom is -0.339 e. The van der Waals surface area contributed by atoms with Crippen molar-refractivity contribution in [3.8, 4) is 0 Å². The molecule has 1 atom stereocenters. The van der Waals surface area contributed by atoms with E-state index in [0.717, 1.165) is 19.4 Å². The SMILES string of the molecule is CC1CCCCN1C(=O)CN1CCN(C(=O)c2ccc(Cl)cc2Cl)CC1. The second-order valence-electron chi connectivity index (χ2n) is 7.12. The molecule has 0 spiro atoms. The highest BCUT2D eigenvalue weighted by Crippen LogP contribution is 2.23. The van der Waals surface area contributed by atoms with Gasteiger partial charge in [-0.15, -0.1) is 0 Å². The van der Waals surface area contributed by atoms with Crippen molar-refractivity contribution in [3.63, 3.8) is 0 Å². The van der Waals surface area contributed by atoms with Crippen LogP contribution in [-0.4, -0.2) is 71.8 Å². The van der Waals surface area contributed by atoms with Crippen LogP contribution in [0.25, 0.3) is 0 Å². The van der Waals surface area contributed by atoms with Crippen molar-refractivity contribution in [2.24, 2.45) is 0 Å². The number of carbonyl (C=O) groups is 2. The van der Waals surface area contributed by atoms with Crippen LogP contribution < -0.4 is 0 Å². The fourth-order valence-electron chi connectivity index (χ4n) is 3.69. The molecule has 0 radical (unpaired) electrons. The van der Waals surface area contributed by atoms with Crippen LogP contribution in [0.15, 0.2) is 18.2 Å². The number of hydrogen-bond donors (Lipinski definition) is 0. The topological polar surface area (TPSA) is 43.9 Å². The number of carbonyl (C=O) groups excluding carboxylic acids is 2. The third kappa shape index (κ3) is 4.51. The third-order valence-electron chi connectivity index (χ3n) is 5.30. The molecule has 0 aromatic heterocycles. The zero-order chi connectivity index (χ0) is 18.7. The molecule has 2 heterocycles. The van der Waals surface area contributed by atoms with E-state index in [9.17, 15) is 9.59 Å². The van der Waals surface area contributed by atoms with Crippen molar-refractivity contribution in [2.75, 3.05) is 39.3 Å². The van der Waals surface area contributed by atoms with Gasteiger partial charge in [-0.25, -0.2) is 0 Å². The fourth-order valence-corrected chi connectivity index (χ4v) is 4.18. The van der Waals surface area contributed by atoms with E-state index in [1.807, 2.05) is 4.90 Å². The molecule has 0 aliphatic carbocycles. The Morgan fingerprint density at radius 1 is 1.08 bits per heavy atom. The number of halogens is 2. The van der Waals surface area contributed by atoms with Gasteiger partial charge in [-0.3, -0.25) is 14.5 Å². The molecule has 2 fully saturated rings. The van der Waals surface area contributed by atoms with Gasteiger partial charge in [0.2, 0.25) is 5.91 Å². The van der Waals surface area contributed by atoms with Crippen LogP contribution in [0.4, 0.5) is 0 Å². The first kappa shape index (κ1) is 19.5. The molecule has 0 N–H and O–H groups in total. The first-order valence-electron chi connectivity index (χ1n) is 9.22. The van der Waals surface area contributed by atoms with Crippen LogP contribution in [0.5, 0.6) is 0 Å². The lowest BCUT2D eigenvalue weighted by Gasteiger charge is -2.38. The van der Waals surface area contributed by atoms with E-state index in [1.54, 1.807) is 23.1 Å². The Bertz CT molecular complexity index is 675. The average molecular weight is 398 g/mol. The second-order valence-corrected chi connectivity index (χ2v) is 7.97. The molecule has 2 aliphatic rings. The van der Waals surface area contributed by atoms with Gasteiger partial charge >= 0.3 is 0 Å². The number of nitrogens with zero attached hydrogens (tertiary/aromatic N) is 3. The van der Waals surface area contributed by atoms with Crippen LogP contribution in [0.2, 0.25) is 10.0 Å². The Hall–Kier alpha value is -1.30. The molecule has 1 aromatic carbocycles. The third-order valence-corrected chi connectivity index (χ3v) is 5.85. The summed E-state index contributed by atoms with van der Waals surface area (Å²) >= 11 is 12.0. The van der Waals surface area contributed by atoms with Gasteiger partial charge in [0.05, 0.1) is 17.1 Å². The lowest BCUT2D eigenvalue weighted by molar-refractivity contribution is -0.136. The molecule has 1 unspecified atom stereocenters. The number of amides is 2. The summed E-state index contributed by atoms with van der Waals surface area (Å²) in [5, 5.41) is 0.890. The maximum Gasteiger partial charge on any atom is 0.255 e. The minimum atomic E-state index is -0.0812. The van der Waals surface area contributed by atoms with Crippen LogP contribution in [0.3, 0.4) is 0 Å². The number of benzene rings is 1. The highest BCUT2D eigenvalue weighted by atomic mass is 35.5. The first-order valence-corrected chi connectivity index (χ1v) is 9.97. The highest BCUT2D eigenvalue weighted by molar-refractivity contribution is 6.36. The van der Waals surface area contributed by atoms with Gasteiger partial charge in [0, 0.05) is 43.8 Å². The van der Waals surface area contributed by atoms with Crippen molar-refractivity contribution < 1.29 is 9.59 Å². The summed E-state index contributed by atoms with van der Waals surface area (Å²) < 4.78 is 0. The molecule has 1 aromatic rings. The quantitative estimate of drug-likeness (QED) is 0.786. The number of hydrogen-bond acceptors (Lipinski definition) is 3. The molecular weight excluding hydrogens is 373 g/mol. The van der Waals surface area contributed by atoms with Gasteiger partial charge in [-0.2, -0.15) is 0 Å². The number of rotatable bonds is 3. The Labute approximate surface area is 164 Å². The van der Waals surface area contributed by atoms with Gasteiger partial charge in [0.25, 0.3) is 5.91 Å². The fraction of sp³-hybridized carbons (Fsp3) is 0.579. The molecular formula is C19H25Cl2N3O2. The van der Waals surface area contributed by atoms with Crippen molar-refractivity contribution in [1.29, 1.82) is 0 Å². The van der Waals surface area contributed by atoms with E-state index >= 15 is 0 Å². The summed E-state index contributed by atoms with van der Waals surface area (Å²) in [5.41, 5.74) is 0.475. The van der Waals surface area contributed by atoms with Gasteiger partial charge in [-0.1, -0.05) is 23.2 Å². The maximum atomic E-state index is 12.7. The standard InChI is InChI=1S/C19H25Cl2N3O2/c1-14-4-2-3-7-24(14)18(25)13-22-8-10-23(11-9-22)19(26)16-6-5-15(20)12-17(16)21/h5-6,12,14H,2-4,7-11,13H2,1H3. The monoisotopic (exact) mass is 397 g/mol. The lowest BCUT2D eigenvalue weighted by atomic mass is 10.0. The molecule has 3 rings (SSSR count). The number of likely N-dealkylation sites (tertiary alicyclic amines) is 1. The highest BCUT2D eigenvalue weighted by Gasteiger charge is 2.28. The van der Waals surface area contributed by atoms with Crippen molar-refractivity contribution in [1.82, 2.24) is 14.7 Å². The molecule has 142 valence electrons. The average Bonchev–Trinajstić information content (AvgIpc) is 2.62. The Balaban J connectivity index is 1.52. The van der Waals surface area contributed by atoms with Crippen LogP contribution >= 0.6 is 23.2 Å². The first-order chi connectivity index (χ1) is 12.5. The predicted molar refractivity (Wildman–Crippen MR) is 104 cm³/mol. The van der Waals surface area contributed by atoms with Gasteiger partial charge in [0.1, 0.15) is 0 Å². The molecule has 0 bridgehead atoms. The largest absolute Gasteiger partial charge is 0.339 e. The van der Waals surface area contributed by atoms with E-state index in [-0.39, 0.29) is 11.8 Å². The summed E-state index contributed by atoms with van der Waals surface area (Å²) in [5.74, 6) is 0.125. The smallest absolute Gasteiger partial charge is 0.255 e. The molecule has 0 saturated carbocycles. The summed E-state index contributed by atoms with van der Waals surface area (Å²) in [4.78, 5) is 31.2. The van der Waals surface area contributed by atoms with Gasteiger partial charge < -0.3 is 9.80 Å². The summed E-state index contributed by atoms with van der Waals surface area (Å²) in [7, 11) is 0. The van der Waals surface area contributed by atoms with Crippen molar-refractivity contribution in [3.05, 3.63) is 33.8 Å². The second kappa shape index (κ2) is 8.59. The normalized spacial score (nSPS) is 21.7. The molecule has 7 heteroatoms. The summed E-state index contributed by atoms with van der Waals surface area (Å²) in [6.45, 7) is 6.03. The molecule has 2 amide bonds. The van der Waals surface area contributed by atoms with Crippen molar-refractivity contribution in [2.45, 2.75) is 32.2 Å². The van der Waals surface area contributed by atoms with Crippen LogP contribution in [0.1, 0.15) is 36.5 Å². The molecule has 26 heavy (non-hydrogen) atoms. The zero-order valence-electron chi connectivity index (χ0n) is 15.1. The van der Waals surface area contributed by atoms with Gasteiger partial charge in [0.15, 0.2) is 0 Å². The zero-order valence-corrected chi connectivity index (χ0v) is 16.6. The predicted octanol–water partition coefficient (Wildman–Crippen LogP) is 3.15. The van der Waals surface area contributed by atoms with Crippen molar-refractivity contribution >= 4 is 35.0 Å². The molecule has 5 nitrogen and oxygen atoms in total. The van der Waals surface area contributed by atoms with E-state index in [0.29, 0.717) is 54.4 Å². The summed E-state index contributed by atoms with van der Waals surface area (Å²) in [6.07, 6.45) is 3.40. The minimum absolute atomic E-state index is 0.0812. The van der Waals surface area contributed by atoms with Crippen LogP contribution in [-0.2, 0) is 4.79 Å². The van der Waals surface area contributed by atoms with E-state index in [1.165, 1.54) is 6.42 Å². The summed E-state index contributed by atoms with van der Waals surface area (Å²) in [6, 6.07) is 5.27. The van der Waals surface area contributed by atoms with E-state index in [2.05, 4.69) is 11.8 Å². The number of piperidine rings is 1. The maximum absolute atomic E-state index is 12.7. The van der Waals surface area contributed by atoms with Crippen LogP contribution in [0, 0.1) is 0 Å². The Kier molecular flexibility index (Phi) is 6.43. The lowest BCUT2D eigenvalue weighted by Crippen LogP contribution is -2.53. The molecule has 2 saturated heterocycles. The van der Waals surface area contributed by atoms with E-state index in [4.69, 9.17) is 23.2 Å². The van der Waals surface area contributed by atoms with Gasteiger partial charge in [-0.05, 0) is 44.4 Å². The Morgan fingerprint density at radius 3 is 2.46 bits per heavy atom. The van der Waals surface area contributed by atoms with E-state index < -0.39 is 0 Å². The Morgan fingerprint density at radius 2 is 1.81 bits per heavy atom.